The van der Waals surface area contributed by atoms with E-state index in [1.807, 2.05) is 51.1 Å². The van der Waals surface area contributed by atoms with Crippen LogP contribution < -0.4 is 10.7 Å². The molecule has 0 bridgehead atoms. The molecule has 26 heavy (non-hydrogen) atoms. The number of nitriles is 2. The van der Waals surface area contributed by atoms with Crippen LogP contribution in [0, 0.1) is 33.5 Å². The summed E-state index contributed by atoms with van der Waals surface area (Å²) < 4.78 is 12.0. The lowest BCUT2D eigenvalue weighted by molar-refractivity contribution is -0.694. The molecule has 0 spiro atoms. The summed E-state index contributed by atoms with van der Waals surface area (Å²) in [6.45, 7) is 6.36. The van der Waals surface area contributed by atoms with E-state index < -0.39 is 22.2 Å². The predicted molar refractivity (Wildman–Crippen MR) is 95.3 cm³/mol. The number of rotatable bonds is 7. The van der Waals surface area contributed by atoms with Crippen molar-refractivity contribution in [3.63, 3.8) is 0 Å². The molecule has 1 heterocycles. The number of amidine groups is 1. The summed E-state index contributed by atoms with van der Waals surface area (Å²) in [5, 5.41) is 20.7. The Bertz CT molecular complexity index is 803. The summed E-state index contributed by atoms with van der Waals surface area (Å²) >= 11 is 0. The zero-order chi connectivity index (χ0) is 19.1. The molecule has 2 aliphatic rings. The molecular formula is C20H25N4O2+. The first-order chi connectivity index (χ1) is 12.5. The molecule has 1 aliphatic carbocycles. The SMILES string of the molecule is CCC[C@]1(c2ccccc2)[C@]2(C#N)C(N)=[NH+]C(OCC)(OCC)[C@@]21C#N. The number of nitrogens with zero attached hydrogens (tertiary/aromatic N) is 2. The van der Waals surface area contributed by atoms with Gasteiger partial charge in [0.1, 0.15) is 0 Å². The van der Waals surface area contributed by atoms with Gasteiger partial charge in [0.05, 0.1) is 30.8 Å². The monoisotopic (exact) mass is 353 g/mol. The summed E-state index contributed by atoms with van der Waals surface area (Å²) in [5.74, 6) is -1.20. The van der Waals surface area contributed by atoms with Gasteiger partial charge < -0.3 is 9.47 Å². The van der Waals surface area contributed by atoms with E-state index in [1.165, 1.54) is 0 Å². The van der Waals surface area contributed by atoms with E-state index in [1.54, 1.807) is 0 Å². The van der Waals surface area contributed by atoms with E-state index in [9.17, 15) is 10.5 Å². The van der Waals surface area contributed by atoms with Crippen molar-refractivity contribution in [1.29, 1.82) is 10.5 Å². The number of hydrogen-bond donors (Lipinski definition) is 2. The molecule has 0 aromatic heterocycles. The third-order valence-corrected chi connectivity index (χ3v) is 5.90. The van der Waals surface area contributed by atoms with Crippen LogP contribution in [0.4, 0.5) is 0 Å². The minimum absolute atomic E-state index is 0.251. The fourth-order valence-corrected chi connectivity index (χ4v) is 5.23. The molecule has 6 heteroatoms. The summed E-state index contributed by atoms with van der Waals surface area (Å²) in [4.78, 5) is 3.04. The number of ether oxygens (including phenoxy) is 2. The Hall–Kier alpha value is -2.41. The van der Waals surface area contributed by atoms with Crippen LogP contribution in [-0.4, -0.2) is 25.0 Å². The second kappa shape index (κ2) is 6.09. The second-order valence-electron chi connectivity index (χ2n) is 6.77. The van der Waals surface area contributed by atoms with Gasteiger partial charge in [0.2, 0.25) is 0 Å². The number of fused-ring (bicyclic) bond motifs is 1. The molecule has 6 nitrogen and oxygen atoms in total. The smallest absolute Gasteiger partial charge is 0.314 e. The van der Waals surface area contributed by atoms with E-state index in [2.05, 4.69) is 17.1 Å². The van der Waals surface area contributed by atoms with Gasteiger partial charge in [-0.2, -0.15) is 10.5 Å². The highest BCUT2D eigenvalue weighted by Gasteiger charge is 3.04. The molecule has 1 fully saturated rings. The maximum Gasteiger partial charge on any atom is 0.343 e. The maximum atomic E-state index is 10.4. The first kappa shape index (κ1) is 18.4. The van der Waals surface area contributed by atoms with Crippen LogP contribution in [0.1, 0.15) is 39.2 Å². The zero-order valence-corrected chi connectivity index (χ0v) is 15.5. The van der Waals surface area contributed by atoms with Crippen molar-refractivity contribution in [3.05, 3.63) is 35.9 Å². The van der Waals surface area contributed by atoms with Crippen LogP contribution in [0.5, 0.6) is 0 Å². The normalized spacial score (nSPS) is 33.7. The first-order valence-electron chi connectivity index (χ1n) is 9.11. The van der Waals surface area contributed by atoms with Gasteiger partial charge in [-0.05, 0) is 25.8 Å². The van der Waals surface area contributed by atoms with Gasteiger partial charge in [0, 0.05) is 0 Å². The van der Waals surface area contributed by atoms with Crippen molar-refractivity contribution in [3.8, 4) is 12.1 Å². The predicted octanol–water partition coefficient (Wildman–Crippen LogP) is 0.936. The lowest BCUT2D eigenvalue weighted by Crippen LogP contribution is -2.91. The average molecular weight is 353 g/mol. The molecule has 3 atom stereocenters. The van der Waals surface area contributed by atoms with Gasteiger partial charge >= 0.3 is 5.91 Å². The zero-order valence-electron chi connectivity index (χ0n) is 15.5. The molecule has 0 saturated heterocycles. The molecule has 3 N–H and O–H groups in total. The Balaban J connectivity index is 2.36. The lowest BCUT2D eigenvalue weighted by Gasteiger charge is -2.33. The van der Waals surface area contributed by atoms with Crippen LogP contribution in [0.2, 0.25) is 0 Å². The number of benzene rings is 1. The Kier molecular flexibility index (Phi) is 4.30. The highest BCUT2D eigenvalue weighted by molar-refractivity contribution is 5.97. The fraction of sp³-hybridized carbons (Fsp3) is 0.550. The van der Waals surface area contributed by atoms with E-state index in [-0.39, 0.29) is 5.84 Å². The third kappa shape index (κ3) is 1.65. The van der Waals surface area contributed by atoms with Gasteiger partial charge in [-0.15, -0.1) is 0 Å². The van der Waals surface area contributed by atoms with E-state index in [4.69, 9.17) is 15.2 Å². The number of nitrogens with two attached hydrogens (primary N) is 1. The standard InChI is InChI=1S/C20H24N4O2/c1-4-12-17(15-10-8-7-9-11-15)18(13-21)16(23)24-20(25-5-2,26-6-3)19(17,18)14-22/h7-11H,4-6,12H2,1-3H3,(H2,23,24)/p+1/t17-,18-,19+/m0/s1. The van der Waals surface area contributed by atoms with Crippen LogP contribution in [0.25, 0.3) is 0 Å². The van der Waals surface area contributed by atoms with E-state index >= 15 is 0 Å². The quantitative estimate of drug-likeness (QED) is 0.710. The van der Waals surface area contributed by atoms with Crippen molar-refractivity contribution in [2.75, 3.05) is 13.2 Å². The molecule has 0 unspecified atom stereocenters. The van der Waals surface area contributed by atoms with E-state index in [0.717, 1.165) is 12.0 Å². The van der Waals surface area contributed by atoms with Crippen molar-refractivity contribution in [1.82, 2.24) is 0 Å². The molecule has 136 valence electrons. The van der Waals surface area contributed by atoms with Gasteiger partial charge in [0.15, 0.2) is 10.8 Å². The fourth-order valence-electron chi connectivity index (χ4n) is 5.23. The summed E-state index contributed by atoms with van der Waals surface area (Å²) in [5.41, 5.74) is 4.02. The van der Waals surface area contributed by atoms with E-state index in [0.29, 0.717) is 19.6 Å². The van der Waals surface area contributed by atoms with Gasteiger partial charge in [-0.3, -0.25) is 5.73 Å². The van der Waals surface area contributed by atoms with Gasteiger partial charge in [0.25, 0.3) is 5.84 Å². The Labute approximate surface area is 154 Å². The Morgan fingerprint density at radius 3 is 2.12 bits per heavy atom. The van der Waals surface area contributed by atoms with Crippen molar-refractivity contribution in [2.24, 2.45) is 16.6 Å². The maximum absolute atomic E-state index is 10.4. The topological polar surface area (TPSA) is 106 Å². The molecule has 0 radical (unpaired) electrons. The molecular weight excluding hydrogens is 328 g/mol. The minimum atomic E-state index is -1.45. The number of nitrogens with one attached hydrogen (secondary N) is 1. The molecule has 0 amide bonds. The number of hydrogen-bond acceptors (Lipinski definition) is 5. The molecule has 1 saturated carbocycles. The highest BCUT2D eigenvalue weighted by Crippen LogP contribution is 2.83. The Morgan fingerprint density at radius 1 is 1.04 bits per heavy atom. The van der Waals surface area contributed by atoms with Crippen LogP contribution in [-0.2, 0) is 14.9 Å². The molecule has 3 rings (SSSR count). The Morgan fingerprint density at radius 2 is 1.65 bits per heavy atom. The van der Waals surface area contributed by atoms with Crippen molar-refractivity contribution < 1.29 is 14.5 Å². The molecule has 1 aliphatic heterocycles. The van der Waals surface area contributed by atoms with Crippen LogP contribution in [0.3, 0.4) is 0 Å². The largest absolute Gasteiger partial charge is 0.343 e. The molecule has 1 aromatic carbocycles. The first-order valence-corrected chi connectivity index (χ1v) is 9.11. The van der Waals surface area contributed by atoms with Crippen LogP contribution >= 0.6 is 0 Å². The minimum Gasteiger partial charge on any atom is -0.314 e. The van der Waals surface area contributed by atoms with Crippen LogP contribution in [0.15, 0.2) is 30.3 Å². The van der Waals surface area contributed by atoms with Gasteiger partial charge in [-0.25, -0.2) is 4.99 Å². The molecule has 1 aromatic rings. The second-order valence-corrected chi connectivity index (χ2v) is 6.77. The third-order valence-electron chi connectivity index (χ3n) is 5.90. The van der Waals surface area contributed by atoms with Gasteiger partial charge in [-0.1, -0.05) is 43.7 Å². The van der Waals surface area contributed by atoms with Crippen molar-refractivity contribution in [2.45, 2.75) is 44.9 Å². The van der Waals surface area contributed by atoms with Crippen molar-refractivity contribution >= 4 is 5.84 Å². The summed E-state index contributed by atoms with van der Waals surface area (Å²) in [6, 6.07) is 14.5. The highest BCUT2D eigenvalue weighted by atomic mass is 16.7. The summed E-state index contributed by atoms with van der Waals surface area (Å²) in [7, 11) is 0. The average Bonchev–Trinajstić information content (AvgIpc) is 3.13. The summed E-state index contributed by atoms with van der Waals surface area (Å²) in [6.07, 6.45) is 1.42. The lowest BCUT2D eigenvalue weighted by atomic mass is 9.79.